The van der Waals surface area contributed by atoms with Gasteiger partial charge >= 0.3 is 12.3 Å². The van der Waals surface area contributed by atoms with Crippen molar-refractivity contribution in [1.29, 1.82) is 0 Å². The van der Waals surface area contributed by atoms with Gasteiger partial charge in [-0.1, -0.05) is 25.1 Å². The predicted molar refractivity (Wildman–Crippen MR) is 94.8 cm³/mol. The van der Waals surface area contributed by atoms with Gasteiger partial charge in [0.15, 0.2) is 0 Å². The molecule has 1 aromatic rings. The number of amides is 1. The summed E-state index contributed by atoms with van der Waals surface area (Å²) in [5, 5.41) is 0. The first-order chi connectivity index (χ1) is 12.0. The van der Waals surface area contributed by atoms with Crippen LogP contribution in [0.4, 0.5) is 18.0 Å². The molecule has 1 saturated heterocycles. The van der Waals surface area contributed by atoms with Gasteiger partial charge in [-0.25, -0.2) is 4.79 Å². The Kier molecular flexibility index (Phi) is 6.25. The molecule has 3 nitrogen and oxygen atoms in total. The Bertz CT molecular complexity index is 614. The second-order valence-corrected chi connectivity index (χ2v) is 8.18. The fraction of sp³-hybridized carbons (Fsp3) is 0.650. The number of likely N-dealkylation sites (tertiary alicyclic amines) is 1. The number of carbonyl (C=O) groups is 1. The molecule has 0 spiro atoms. The molecule has 1 aromatic carbocycles. The molecule has 1 aliphatic heterocycles. The molecule has 6 heteroatoms. The van der Waals surface area contributed by atoms with Crippen molar-refractivity contribution in [3.63, 3.8) is 0 Å². The highest BCUT2D eigenvalue weighted by Crippen LogP contribution is 2.32. The molecule has 0 N–H and O–H groups in total. The molecular weight excluding hydrogens is 343 g/mol. The van der Waals surface area contributed by atoms with Crippen LogP contribution < -0.4 is 0 Å². The monoisotopic (exact) mass is 371 g/mol. The average molecular weight is 371 g/mol. The molecule has 26 heavy (non-hydrogen) atoms. The molecule has 2 rings (SSSR count). The van der Waals surface area contributed by atoms with Crippen molar-refractivity contribution >= 4 is 6.09 Å². The maximum Gasteiger partial charge on any atom is 0.416 e. The number of alkyl halides is 3. The number of hydrogen-bond donors (Lipinski definition) is 0. The number of hydrogen-bond acceptors (Lipinski definition) is 2. The summed E-state index contributed by atoms with van der Waals surface area (Å²) in [6.45, 7) is 8.87. The van der Waals surface area contributed by atoms with Gasteiger partial charge < -0.3 is 9.64 Å². The van der Waals surface area contributed by atoms with Gasteiger partial charge in [-0.15, -0.1) is 0 Å². The van der Waals surface area contributed by atoms with Gasteiger partial charge in [-0.3, -0.25) is 0 Å². The number of carbonyl (C=O) groups excluding carboxylic acids is 1. The quantitative estimate of drug-likeness (QED) is 0.699. The first kappa shape index (κ1) is 20.6. The van der Waals surface area contributed by atoms with Crippen LogP contribution in [0.3, 0.4) is 0 Å². The molecule has 1 fully saturated rings. The van der Waals surface area contributed by atoms with Crippen LogP contribution >= 0.6 is 0 Å². The Balaban J connectivity index is 1.89. The number of piperidine rings is 1. The molecule has 1 unspecified atom stereocenters. The van der Waals surface area contributed by atoms with Gasteiger partial charge in [0.25, 0.3) is 0 Å². The highest BCUT2D eigenvalue weighted by atomic mass is 19.4. The zero-order chi connectivity index (χ0) is 19.5. The van der Waals surface area contributed by atoms with Crippen LogP contribution in [0.5, 0.6) is 0 Å². The lowest BCUT2D eigenvalue weighted by molar-refractivity contribution is -0.137. The van der Waals surface area contributed by atoms with E-state index in [2.05, 4.69) is 6.92 Å². The summed E-state index contributed by atoms with van der Waals surface area (Å²) in [7, 11) is 0. The molecule has 0 bridgehead atoms. The zero-order valence-corrected chi connectivity index (χ0v) is 15.9. The maximum atomic E-state index is 12.8. The predicted octanol–water partition coefficient (Wildman–Crippen LogP) is 5.53. The average Bonchev–Trinajstić information content (AvgIpc) is 2.53. The Morgan fingerprint density at radius 1 is 1.23 bits per heavy atom. The van der Waals surface area contributed by atoms with Crippen LogP contribution in [0, 0.1) is 11.8 Å². The first-order valence-corrected chi connectivity index (χ1v) is 9.10. The van der Waals surface area contributed by atoms with E-state index in [4.69, 9.17) is 4.74 Å². The van der Waals surface area contributed by atoms with Gasteiger partial charge in [-0.05, 0) is 63.5 Å². The van der Waals surface area contributed by atoms with E-state index in [1.807, 2.05) is 20.8 Å². The largest absolute Gasteiger partial charge is 0.444 e. The smallest absolute Gasteiger partial charge is 0.416 e. The van der Waals surface area contributed by atoms with Crippen LogP contribution in [-0.2, 0) is 17.3 Å². The molecule has 1 atom stereocenters. The van der Waals surface area contributed by atoms with Gasteiger partial charge in [0.1, 0.15) is 5.60 Å². The van der Waals surface area contributed by atoms with Crippen molar-refractivity contribution < 1.29 is 22.7 Å². The molecule has 0 aliphatic carbocycles. The summed E-state index contributed by atoms with van der Waals surface area (Å²) in [6.07, 6.45) is -2.29. The van der Waals surface area contributed by atoms with E-state index >= 15 is 0 Å². The topological polar surface area (TPSA) is 29.5 Å². The summed E-state index contributed by atoms with van der Waals surface area (Å²) < 4.78 is 43.9. The van der Waals surface area contributed by atoms with Crippen LogP contribution in [0.15, 0.2) is 24.3 Å². The molecule has 0 saturated carbocycles. The third kappa shape index (κ3) is 5.92. The zero-order valence-electron chi connectivity index (χ0n) is 15.9. The minimum atomic E-state index is -4.31. The Hall–Kier alpha value is -1.72. The van der Waals surface area contributed by atoms with Gasteiger partial charge in [0.2, 0.25) is 0 Å². The van der Waals surface area contributed by atoms with Gasteiger partial charge in [0.05, 0.1) is 5.56 Å². The van der Waals surface area contributed by atoms with E-state index < -0.39 is 17.3 Å². The number of halogens is 3. The van der Waals surface area contributed by atoms with Crippen LogP contribution in [0.1, 0.15) is 51.7 Å². The first-order valence-electron chi connectivity index (χ1n) is 9.10. The standard InChI is InChI=1S/C20H28F3NO2/c1-14(12-15-6-5-7-17(13-15)20(21,22)23)16-8-10-24(11-9-16)18(25)26-19(2,3)4/h5-7,13-14,16H,8-12H2,1-4H3. The van der Waals surface area contributed by atoms with Crippen LogP contribution in [0.2, 0.25) is 0 Å². The lowest BCUT2D eigenvalue weighted by Gasteiger charge is -2.35. The van der Waals surface area contributed by atoms with Gasteiger partial charge in [0, 0.05) is 13.1 Å². The third-order valence-electron chi connectivity index (χ3n) is 4.81. The number of ether oxygens (including phenoxy) is 1. The summed E-state index contributed by atoms with van der Waals surface area (Å²) in [4.78, 5) is 13.8. The Labute approximate surface area is 153 Å². The fourth-order valence-electron chi connectivity index (χ4n) is 3.39. The maximum absolute atomic E-state index is 12.8. The molecule has 146 valence electrons. The van der Waals surface area contributed by atoms with E-state index in [1.54, 1.807) is 11.0 Å². The van der Waals surface area contributed by atoms with Crippen molar-refractivity contribution in [2.24, 2.45) is 11.8 Å². The number of nitrogens with zero attached hydrogens (tertiary/aromatic N) is 1. The molecular formula is C20H28F3NO2. The highest BCUT2D eigenvalue weighted by molar-refractivity contribution is 5.68. The molecule has 0 aromatic heterocycles. The summed E-state index contributed by atoms with van der Waals surface area (Å²) >= 11 is 0. The van der Waals surface area contributed by atoms with E-state index in [0.29, 0.717) is 31.0 Å². The van der Waals surface area contributed by atoms with Gasteiger partial charge in [-0.2, -0.15) is 13.2 Å². The minimum Gasteiger partial charge on any atom is -0.444 e. The third-order valence-corrected chi connectivity index (χ3v) is 4.81. The van der Waals surface area contributed by atoms with Crippen molar-refractivity contribution in [3.05, 3.63) is 35.4 Å². The van der Waals surface area contributed by atoms with E-state index in [0.717, 1.165) is 18.9 Å². The van der Waals surface area contributed by atoms with Crippen LogP contribution in [-0.4, -0.2) is 29.7 Å². The van der Waals surface area contributed by atoms with E-state index in [9.17, 15) is 18.0 Å². The van der Waals surface area contributed by atoms with Crippen LogP contribution in [0.25, 0.3) is 0 Å². The number of rotatable bonds is 3. The molecule has 0 radical (unpaired) electrons. The molecule has 1 aliphatic rings. The Morgan fingerprint density at radius 2 is 1.85 bits per heavy atom. The summed E-state index contributed by atoms with van der Waals surface area (Å²) in [5.74, 6) is 0.655. The second-order valence-electron chi connectivity index (χ2n) is 8.18. The van der Waals surface area contributed by atoms with Crippen molar-refractivity contribution in [3.8, 4) is 0 Å². The molecule has 1 amide bonds. The Morgan fingerprint density at radius 3 is 2.38 bits per heavy atom. The molecule has 1 heterocycles. The second kappa shape index (κ2) is 7.89. The summed E-state index contributed by atoms with van der Waals surface area (Å²) in [5.41, 5.74) is -0.395. The van der Waals surface area contributed by atoms with E-state index in [-0.39, 0.29) is 12.0 Å². The minimum absolute atomic E-state index is 0.263. The van der Waals surface area contributed by atoms with Crippen molar-refractivity contribution in [2.45, 2.75) is 58.7 Å². The SMILES string of the molecule is CC(Cc1cccc(C(F)(F)F)c1)C1CCN(C(=O)OC(C)(C)C)CC1. The van der Waals surface area contributed by atoms with E-state index in [1.165, 1.54) is 12.1 Å². The van der Waals surface area contributed by atoms with Crippen molar-refractivity contribution in [1.82, 2.24) is 4.90 Å². The number of benzene rings is 1. The highest BCUT2D eigenvalue weighted by Gasteiger charge is 2.31. The normalized spacial score (nSPS) is 17.9. The lowest BCUT2D eigenvalue weighted by Crippen LogP contribution is -2.42. The lowest BCUT2D eigenvalue weighted by atomic mass is 9.82. The fourth-order valence-corrected chi connectivity index (χ4v) is 3.39. The van der Waals surface area contributed by atoms with Crippen molar-refractivity contribution in [2.75, 3.05) is 13.1 Å². The summed E-state index contributed by atoms with van der Waals surface area (Å²) in [6, 6.07) is 5.57.